The molecule has 1 rings (SSSR count). The van der Waals surface area contributed by atoms with Gasteiger partial charge in [-0.05, 0) is 12.5 Å². The van der Waals surface area contributed by atoms with Gasteiger partial charge < -0.3 is 5.32 Å². The second kappa shape index (κ2) is 6.41. The van der Waals surface area contributed by atoms with Gasteiger partial charge in [0.25, 0.3) is 0 Å². The monoisotopic (exact) mass is 238 g/mol. The summed E-state index contributed by atoms with van der Waals surface area (Å²) in [5.41, 5.74) is -0.224. The molecule has 2 N–H and O–H groups in total. The third-order valence-corrected chi connectivity index (χ3v) is 2.03. The Morgan fingerprint density at radius 3 is 3.00 bits per heavy atom. The zero-order valence-electron chi connectivity index (χ0n) is 9.47. The summed E-state index contributed by atoms with van der Waals surface area (Å²) in [4.78, 5) is 25.2. The Kier molecular flexibility index (Phi) is 4.86. The van der Waals surface area contributed by atoms with Crippen LogP contribution in [0.1, 0.15) is 19.8 Å². The molecule has 1 aromatic rings. The van der Waals surface area contributed by atoms with Gasteiger partial charge in [-0.2, -0.15) is 0 Å². The molecule has 0 unspecified atom stereocenters. The zero-order valence-corrected chi connectivity index (χ0v) is 9.47. The lowest BCUT2D eigenvalue weighted by Crippen LogP contribution is -2.30. The van der Waals surface area contributed by atoms with E-state index in [-0.39, 0.29) is 11.5 Å². The van der Waals surface area contributed by atoms with Crippen LogP contribution in [-0.4, -0.2) is 22.5 Å². The smallest absolute Gasteiger partial charge is 0.320 e. The van der Waals surface area contributed by atoms with Crippen LogP contribution in [0.4, 0.5) is 16.3 Å². The first kappa shape index (κ1) is 12.9. The summed E-state index contributed by atoms with van der Waals surface area (Å²) in [6.45, 7) is 2.53. The van der Waals surface area contributed by atoms with Gasteiger partial charge >= 0.3 is 11.7 Å². The van der Waals surface area contributed by atoms with Crippen LogP contribution < -0.4 is 10.6 Å². The van der Waals surface area contributed by atoms with Gasteiger partial charge in [0.2, 0.25) is 5.82 Å². The van der Waals surface area contributed by atoms with Crippen LogP contribution in [0.3, 0.4) is 0 Å². The molecule has 0 saturated carbocycles. The van der Waals surface area contributed by atoms with Gasteiger partial charge in [-0.1, -0.05) is 13.3 Å². The summed E-state index contributed by atoms with van der Waals surface area (Å²) in [5.74, 6) is -0.0495. The molecule has 2 amide bonds. The van der Waals surface area contributed by atoms with Crippen LogP contribution in [0.5, 0.6) is 0 Å². The molecule has 7 nitrogen and oxygen atoms in total. The first-order chi connectivity index (χ1) is 8.15. The van der Waals surface area contributed by atoms with Crippen molar-refractivity contribution in [3.63, 3.8) is 0 Å². The number of nitrogens with one attached hydrogen (secondary N) is 2. The number of carbonyl (C=O) groups excluding carboxylic acids is 1. The fraction of sp³-hybridized carbons (Fsp3) is 0.400. The lowest BCUT2D eigenvalue weighted by atomic mass is 10.3. The van der Waals surface area contributed by atoms with E-state index >= 15 is 0 Å². The van der Waals surface area contributed by atoms with Gasteiger partial charge in [0.05, 0.1) is 4.92 Å². The number of hydrogen-bond acceptors (Lipinski definition) is 4. The van der Waals surface area contributed by atoms with E-state index in [1.165, 1.54) is 18.3 Å². The first-order valence-electron chi connectivity index (χ1n) is 5.29. The average molecular weight is 238 g/mol. The second-order valence-corrected chi connectivity index (χ2v) is 3.36. The van der Waals surface area contributed by atoms with E-state index in [9.17, 15) is 14.9 Å². The molecule has 92 valence electrons. The molecule has 0 radical (unpaired) electrons. The summed E-state index contributed by atoms with van der Waals surface area (Å²) in [7, 11) is 0. The van der Waals surface area contributed by atoms with Crippen LogP contribution in [0.15, 0.2) is 18.3 Å². The number of pyridine rings is 1. The maximum absolute atomic E-state index is 11.4. The Hall–Kier alpha value is -2.18. The van der Waals surface area contributed by atoms with Crippen molar-refractivity contribution in [3.05, 3.63) is 28.4 Å². The molecule has 7 heteroatoms. The zero-order chi connectivity index (χ0) is 12.7. The normalized spacial score (nSPS) is 9.71. The summed E-state index contributed by atoms with van der Waals surface area (Å²) in [6.07, 6.45) is 3.20. The van der Waals surface area contributed by atoms with E-state index in [4.69, 9.17) is 0 Å². The number of amides is 2. The minimum atomic E-state index is -0.589. The van der Waals surface area contributed by atoms with E-state index in [1.807, 2.05) is 6.92 Å². The molecule has 1 heterocycles. The van der Waals surface area contributed by atoms with Crippen LogP contribution in [-0.2, 0) is 0 Å². The number of unbranched alkanes of at least 4 members (excludes halogenated alkanes) is 1. The number of rotatable bonds is 5. The SMILES string of the molecule is CCCCNC(=O)Nc1ncccc1[N+](=O)[O-]. The van der Waals surface area contributed by atoms with Gasteiger partial charge in [-0.3, -0.25) is 15.4 Å². The lowest BCUT2D eigenvalue weighted by Gasteiger charge is -2.06. The van der Waals surface area contributed by atoms with Crippen molar-refractivity contribution >= 4 is 17.5 Å². The molecule has 0 spiro atoms. The molecule has 0 atom stereocenters. The molecular weight excluding hydrogens is 224 g/mol. The van der Waals surface area contributed by atoms with Crippen LogP contribution in [0, 0.1) is 10.1 Å². The molecule has 1 aromatic heterocycles. The quantitative estimate of drug-likeness (QED) is 0.465. The Morgan fingerprint density at radius 2 is 2.35 bits per heavy atom. The maximum atomic E-state index is 11.4. The Bertz CT molecular complexity index is 408. The predicted molar refractivity (Wildman–Crippen MR) is 62.8 cm³/mol. The molecule has 0 aliphatic heterocycles. The number of hydrogen-bond donors (Lipinski definition) is 2. The Labute approximate surface area is 98.4 Å². The second-order valence-electron chi connectivity index (χ2n) is 3.36. The van der Waals surface area contributed by atoms with Crippen LogP contribution >= 0.6 is 0 Å². The van der Waals surface area contributed by atoms with Crippen LogP contribution in [0.2, 0.25) is 0 Å². The number of urea groups is 1. The average Bonchev–Trinajstić information content (AvgIpc) is 2.29. The summed E-state index contributed by atoms with van der Waals surface area (Å²) < 4.78 is 0. The fourth-order valence-corrected chi connectivity index (χ4v) is 1.17. The minimum absolute atomic E-state index is 0.0495. The minimum Gasteiger partial charge on any atom is -0.338 e. The van der Waals surface area contributed by atoms with Crippen molar-refractivity contribution in [2.75, 3.05) is 11.9 Å². The Morgan fingerprint density at radius 1 is 1.59 bits per heavy atom. The van der Waals surface area contributed by atoms with Gasteiger partial charge in [0.15, 0.2) is 0 Å². The highest BCUT2D eigenvalue weighted by atomic mass is 16.6. The number of nitrogens with zero attached hydrogens (tertiary/aromatic N) is 2. The molecule has 0 fully saturated rings. The number of nitro groups is 1. The van der Waals surface area contributed by atoms with Crippen molar-refractivity contribution in [2.45, 2.75) is 19.8 Å². The third kappa shape index (κ3) is 4.06. The van der Waals surface area contributed by atoms with Crippen molar-refractivity contribution in [1.29, 1.82) is 0 Å². The number of anilines is 1. The Balaban J connectivity index is 2.61. The summed E-state index contributed by atoms with van der Waals surface area (Å²) in [5, 5.41) is 15.6. The van der Waals surface area contributed by atoms with E-state index < -0.39 is 11.0 Å². The highest BCUT2D eigenvalue weighted by Crippen LogP contribution is 2.19. The standard InChI is InChI=1S/C10H14N4O3/c1-2-3-6-12-10(15)13-9-8(14(16)17)5-4-7-11-9/h4-5,7H,2-3,6H2,1H3,(H2,11,12,13,15). The van der Waals surface area contributed by atoms with E-state index in [0.717, 1.165) is 12.8 Å². The van der Waals surface area contributed by atoms with E-state index in [1.54, 1.807) is 0 Å². The summed E-state index contributed by atoms with van der Waals surface area (Å²) >= 11 is 0. The molecule has 0 saturated heterocycles. The van der Waals surface area contributed by atoms with E-state index in [2.05, 4.69) is 15.6 Å². The molecule has 0 bridgehead atoms. The van der Waals surface area contributed by atoms with Gasteiger partial charge in [-0.15, -0.1) is 0 Å². The number of carbonyl (C=O) groups is 1. The first-order valence-corrected chi connectivity index (χ1v) is 5.29. The van der Waals surface area contributed by atoms with Gasteiger partial charge in [-0.25, -0.2) is 9.78 Å². The lowest BCUT2D eigenvalue weighted by molar-refractivity contribution is -0.384. The highest BCUT2D eigenvalue weighted by molar-refractivity contribution is 5.90. The van der Waals surface area contributed by atoms with Crippen molar-refractivity contribution in [3.8, 4) is 0 Å². The topological polar surface area (TPSA) is 97.2 Å². The molecule has 0 aliphatic carbocycles. The van der Waals surface area contributed by atoms with Crippen LogP contribution in [0.25, 0.3) is 0 Å². The molecular formula is C10H14N4O3. The molecule has 0 aliphatic rings. The summed E-state index contributed by atoms with van der Waals surface area (Å²) in [6, 6.07) is 2.24. The van der Waals surface area contributed by atoms with Gasteiger partial charge in [0.1, 0.15) is 0 Å². The van der Waals surface area contributed by atoms with Gasteiger partial charge in [0, 0.05) is 18.8 Å². The molecule has 17 heavy (non-hydrogen) atoms. The number of aromatic nitrogens is 1. The highest BCUT2D eigenvalue weighted by Gasteiger charge is 2.15. The molecule has 0 aromatic carbocycles. The largest absolute Gasteiger partial charge is 0.338 e. The predicted octanol–water partition coefficient (Wildman–Crippen LogP) is 1.91. The third-order valence-electron chi connectivity index (χ3n) is 2.03. The fourth-order valence-electron chi connectivity index (χ4n) is 1.17. The van der Waals surface area contributed by atoms with Crippen molar-refractivity contribution in [1.82, 2.24) is 10.3 Å². The van der Waals surface area contributed by atoms with Crippen molar-refractivity contribution < 1.29 is 9.72 Å². The maximum Gasteiger partial charge on any atom is 0.320 e. The van der Waals surface area contributed by atoms with E-state index in [0.29, 0.717) is 6.54 Å². The van der Waals surface area contributed by atoms with Crippen molar-refractivity contribution in [2.24, 2.45) is 0 Å².